The minimum Gasteiger partial charge on any atom is -0.508 e. The molecule has 4 rings (SSSR count). The summed E-state index contributed by atoms with van der Waals surface area (Å²) in [6, 6.07) is 1.62. The molecule has 0 radical (unpaired) electrons. The van der Waals surface area contributed by atoms with Gasteiger partial charge in [-0.2, -0.15) is 0 Å². The second-order valence-electron chi connectivity index (χ2n) is 9.24. The maximum Gasteiger partial charge on any atom is 0.255 e. The van der Waals surface area contributed by atoms with Crippen LogP contribution < -0.4 is 5.73 Å². The number of hydrogen-bond donors (Lipinski definition) is 6. The Balaban J connectivity index is 2.08. The number of nitrogens with two attached hydrogens (primary N) is 1. The van der Waals surface area contributed by atoms with Gasteiger partial charge >= 0.3 is 0 Å². The van der Waals surface area contributed by atoms with Crippen LogP contribution in [0.4, 0.5) is 0 Å². The fraction of sp³-hybridized carbons (Fsp3) is 0.435. The van der Waals surface area contributed by atoms with E-state index in [-0.39, 0.29) is 11.3 Å². The van der Waals surface area contributed by atoms with E-state index in [4.69, 9.17) is 5.73 Å². The molecule has 1 fully saturated rings. The van der Waals surface area contributed by atoms with Crippen LogP contribution >= 0.6 is 0 Å². The van der Waals surface area contributed by atoms with Crippen LogP contribution in [0.15, 0.2) is 29.0 Å². The molecule has 7 N–H and O–H groups in total. The molecule has 176 valence electrons. The Bertz CT molecular complexity index is 1180. The van der Waals surface area contributed by atoms with Crippen LogP contribution in [-0.2, 0) is 14.4 Å². The average molecular weight is 458 g/mol. The number of Topliss-reactive ketones (excluding diaryl/α,β-unsaturated/α-hetero) is 2. The number of amides is 1. The number of aromatic hydroxyl groups is 1. The number of aliphatic hydroxyl groups excluding tert-OH is 3. The monoisotopic (exact) mass is 458 g/mol. The topological polar surface area (TPSA) is 182 Å². The predicted molar refractivity (Wildman–Crippen MR) is 115 cm³/mol. The lowest BCUT2D eigenvalue weighted by Crippen LogP contribution is -2.70. The third-order valence-corrected chi connectivity index (χ3v) is 7.33. The Morgan fingerprint density at radius 1 is 1.15 bits per heavy atom. The lowest BCUT2D eigenvalue weighted by atomic mass is 9.54. The Morgan fingerprint density at radius 3 is 2.30 bits per heavy atom. The summed E-state index contributed by atoms with van der Waals surface area (Å²) in [5.41, 5.74) is 2.25. The smallest absolute Gasteiger partial charge is 0.255 e. The van der Waals surface area contributed by atoms with E-state index in [1.54, 1.807) is 19.9 Å². The molecule has 0 aliphatic heterocycles. The third-order valence-electron chi connectivity index (χ3n) is 7.33. The summed E-state index contributed by atoms with van der Waals surface area (Å²) in [7, 11) is 2.93. The molecule has 3 aliphatic rings. The number of benzene rings is 1. The Hall–Kier alpha value is -3.21. The predicted octanol–water partition coefficient (Wildman–Crippen LogP) is -0.196. The van der Waals surface area contributed by atoms with Crippen LogP contribution in [-0.4, -0.2) is 79.7 Å². The average Bonchev–Trinajstić information content (AvgIpc) is 2.72. The molecule has 1 amide bonds. The molecule has 0 heterocycles. The number of carbonyl (C=O) groups is 3. The van der Waals surface area contributed by atoms with Gasteiger partial charge in [0.05, 0.1) is 23.6 Å². The van der Waals surface area contributed by atoms with Gasteiger partial charge in [-0.1, -0.05) is 13.0 Å². The minimum absolute atomic E-state index is 0.00834. The molecule has 10 nitrogen and oxygen atoms in total. The van der Waals surface area contributed by atoms with Crippen molar-refractivity contribution >= 4 is 23.2 Å². The van der Waals surface area contributed by atoms with E-state index in [0.29, 0.717) is 11.1 Å². The van der Waals surface area contributed by atoms with Gasteiger partial charge in [0, 0.05) is 11.5 Å². The van der Waals surface area contributed by atoms with Gasteiger partial charge in [0.15, 0.2) is 11.4 Å². The molecule has 3 unspecified atom stereocenters. The molecule has 0 bridgehead atoms. The molecular formula is C23H26N2O8. The normalized spacial score (nSPS) is 33.7. The maximum atomic E-state index is 13.7. The van der Waals surface area contributed by atoms with E-state index in [2.05, 4.69) is 0 Å². The second-order valence-corrected chi connectivity index (χ2v) is 9.24. The number of phenols is 1. The Kier molecular flexibility index (Phi) is 4.97. The number of ketones is 2. The number of phenolic OH excluding ortho intramolecular Hbond substituents is 1. The quantitative estimate of drug-likeness (QED) is 0.327. The van der Waals surface area contributed by atoms with Crippen molar-refractivity contribution in [1.82, 2.24) is 4.90 Å². The highest BCUT2D eigenvalue weighted by Gasteiger charge is 2.68. The van der Waals surface area contributed by atoms with E-state index in [1.165, 1.54) is 25.1 Å². The van der Waals surface area contributed by atoms with Crippen molar-refractivity contribution in [1.29, 1.82) is 0 Å². The number of fused-ring (bicyclic) bond motifs is 3. The van der Waals surface area contributed by atoms with Gasteiger partial charge in [-0.15, -0.1) is 0 Å². The number of primary amides is 1. The van der Waals surface area contributed by atoms with Crippen LogP contribution in [0, 0.1) is 18.8 Å². The first-order valence-corrected chi connectivity index (χ1v) is 10.4. The lowest BCUT2D eigenvalue weighted by Gasteiger charge is -2.53. The number of likely N-dealkylation sites (N-methyl/N-ethyl adjacent to an activating group) is 1. The van der Waals surface area contributed by atoms with Crippen LogP contribution in [0.5, 0.6) is 5.75 Å². The van der Waals surface area contributed by atoms with Crippen molar-refractivity contribution in [2.45, 2.75) is 37.5 Å². The third kappa shape index (κ3) is 2.68. The fourth-order valence-electron chi connectivity index (χ4n) is 5.92. The van der Waals surface area contributed by atoms with Crippen LogP contribution in [0.25, 0.3) is 5.76 Å². The van der Waals surface area contributed by atoms with Gasteiger partial charge < -0.3 is 31.3 Å². The maximum absolute atomic E-state index is 13.7. The Morgan fingerprint density at radius 2 is 1.76 bits per heavy atom. The van der Waals surface area contributed by atoms with Gasteiger partial charge in [-0.05, 0) is 44.1 Å². The second kappa shape index (κ2) is 7.14. The minimum atomic E-state index is -2.90. The van der Waals surface area contributed by atoms with E-state index >= 15 is 0 Å². The van der Waals surface area contributed by atoms with Gasteiger partial charge in [0.25, 0.3) is 5.91 Å². The highest BCUT2D eigenvalue weighted by Crippen LogP contribution is 2.56. The number of nitrogens with zero attached hydrogens (tertiary/aromatic N) is 1. The molecular weight excluding hydrogens is 432 g/mol. The zero-order chi connectivity index (χ0) is 24.7. The number of aryl methyl sites for hydroxylation is 1. The van der Waals surface area contributed by atoms with Gasteiger partial charge in [0.2, 0.25) is 5.78 Å². The highest BCUT2D eigenvalue weighted by atomic mass is 16.4. The van der Waals surface area contributed by atoms with Crippen molar-refractivity contribution in [3.05, 3.63) is 45.7 Å². The van der Waals surface area contributed by atoms with Crippen molar-refractivity contribution in [2.24, 2.45) is 17.6 Å². The molecule has 6 atom stereocenters. The van der Waals surface area contributed by atoms with Gasteiger partial charge in [0.1, 0.15) is 22.8 Å². The van der Waals surface area contributed by atoms with Crippen molar-refractivity contribution in [3.8, 4) is 5.75 Å². The van der Waals surface area contributed by atoms with Gasteiger partial charge in [-0.3, -0.25) is 19.3 Å². The first-order chi connectivity index (χ1) is 15.3. The van der Waals surface area contributed by atoms with Crippen molar-refractivity contribution in [2.75, 3.05) is 14.1 Å². The first-order valence-electron chi connectivity index (χ1n) is 10.4. The van der Waals surface area contributed by atoms with E-state index in [1.807, 2.05) is 0 Å². The summed E-state index contributed by atoms with van der Waals surface area (Å²) in [6.07, 6.45) is -1.59. The summed E-state index contributed by atoms with van der Waals surface area (Å²) < 4.78 is 0. The van der Waals surface area contributed by atoms with Crippen molar-refractivity contribution in [3.63, 3.8) is 0 Å². The first kappa shape index (κ1) is 23.0. The molecule has 1 saturated carbocycles. The standard InChI is InChI=1S/C23H26N2O8/c1-7-5-6-9(26)12-10(7)8(2)11-13(17(12)27)20(30)23(33)15(18(11)28)16(25(3)4)19(29)14(21(23)31)22(24)32/h5-6,8,11,15-16,18,26-28,31,33H,1-4H3,(H2,24,32)/t8-,11?,15?,16-,18?,23-/m0/s1. The lowest BCUT2D eigenvalue weighted by molar-refractivity contribution is -0.169. The zero-order valence-corrected chi connectivity index (χ0v) is 18.5. The molecule has 0 aromatic heterocycles. The molecule has 10 heteroatoms. The van der Waals surface area contributed by atoms with Crippen LogP contribution in [0.2, 0.25) is 0 Å². The number of carbonyl (C=O) groups excluding carboxylic acids is 3. The van der Waals surface area contributed by atoms with Gasteiger partial charge in [-0.25, -0.2) is 0 Å². The Labute approximate surface area is 189 Å². The molecule has 33 heavy (non-hydrogen) atoms. The number of aliphatic hydroxyl groups is 4. The summed E-state index contributed by atoms with van der Waals surface area (Å²) in [6.45, 7) is 3.45. The summed E-state index contributed by atoms with van der Waals surface area (Å²) >= 11 is 0. The summed E-state index contributed by atoms with van der Waals surface area (Å²) in [5.74, 6) is -8.86. The summed E-state index contributed by atoms with van der Waals surface area (Å²) in [4.78, 5) is 40.1. The van der Waals surface area contributed by atoms with E-state index < -0.39 is 75.6 Å². The molecule has 1 aromatic carbocycles. The zero-order valence-electron chi connectivity index (χ0n) is 18.5. The number of hydrogen-bond acceptors (Lipinski definition) is 9. The van der Waals surface area contributed by atoms with Crippen LogP contribution in [0.1, 0.15) is 29.5 Å². The van der Waals surface area contributed by atoms with E-state index in [0.717, 1.165) is 0 Å². The fourth-order valence-corrected chi connectivity index (χ4v) is 5.92. The highest BCUT2D eigenvalue weighted by molar-refractivity contribution is 6.24. The molecule has 0 spiro atoms. The summed E-state index contributed by atoms with van der Waals surface area (Å²) in [5, 5.41) is 55.3. The molecule has 1 aromatic rings. The van der Waals surface area contributed by atoms with Crippen molar-refractivity contribution < 1.29 is 39.9 Å². The van der Waals surface area contributed by atoms with Crippen LogP contribution in [0.3, 0.4) is 0 Å². The number of rotatable bonds is 2. The largest absolute Gasteiger partial charge is 0.508 e. The molecule has 0 saturated heterocycles. The van der Waals surface area contributed by atoms with E-state index in [9.17, 15) is 39.9 Å². The molecule has 3 aliphatic carbocycles. The SMILES string of the molecule is Cc1ccc(O)c2c1[C@H](C)C1C(=C2O)C(=O)[C@]2(O)C(O)=C(C(N)=O)C(=O)[C@@H](N(C)C)C2C1O.